The molecule has 92 valence electrons. The molecule has 0 radical (unpaired) electrons. The first-order valence-electron chi connectivity index (χ1n) is 6.15. The number of carboxylic acid groups (broad SMARTS) is 1. The number of rotatable bonds is 3. The van der Waals surface area contributed by atoms with Crippen molar-refractivity contribution in [2.24, 2.45) is 5.92 Å². The molecule has 0 saturated carbocycles. The Labute approximate surface area is 101 Å². The van der Waals surface area contributed by atoms with Gasteiger partial charge in [-0.15, -0.1) is 0 Å². The van der Waals surface area contributed by atoms with Crippen LogP contribution in [0, 0.1) is 5.92 Å². The van der Waals surface area contributed by atoms with Crippen LogP contribution in [0.4, 0.5) is 5.82 Å². The van der Waals surface area contributed by atoms with Gasteiger partial charge in [-0.2, -0.15) is 0 Å². The number of pyridine rings is 1. The molecule has 0 spiro atoms. The molecule has 1 aliphatic heterocycles. The van der Waals surface area contributed by atoms with E-state index in [9.17, 15) is 4.79 Å². The number of aromatic carboxylic acids is 1. The topological polar surface area (TPSA) is 53.4 Å². The van der Waals surface area contributed by atoms with Gasteiger partial charge < -0.3 is 10.0 Å². The second-order valence-electron chi connectivity index (χ2n) is 4.54. The quantitative estimate of drug-likeness (QED) is 0.872. The Kier molecular flexibility index (Phi) is 3.61. The van der Waals surface area contributed by atoms with Gasteiger partial charge in [0.05, 0.1) is 0 Å². The average molecular weight is 234 g/mol. The highest BCUT2D eigenvalue weighted by molar-refractivity contribution is 5.93. The van der Waals surface area contributed by atoms with Gasteiger partial charge in [0, 0.05) is 19.3 Å². The Hall–Kier alpha value is -1.58. The summed E-state index contributed by atoms with van der Waals surface area (Å²) >= 11 is 0. The molecule has 1 N–H and O–H groups in total. The number of hydrogen-bond acceptors (Lipinski definition) is 3. The Morgan fingerprint density at radius 1 is 1.65 bits per heavy atom. The summed E-state index contributed by atoms with van der Waals surface area (Å²) in [5.74, 6) is 0.386. The van der Waals surface area contributed by atoms with Crippen LogP contribution in [-0.2, 0) is 0 Å². The van der Waals surface area contributed by atoms with E-state index in [-0.39, 0.29) is 0 Å². The Bertz CT molecular complexity index is 406. The van der Waals surface area contributed by atoms with Gasteiger partial charge in [0.25, 0.3) is 0 Å². The van der Waals surface area contributed by atoms with Gasteiger partial charge in [-0.05, 0) is 30.9 Å². The van der Waals surface area contributed by atoms with Crippen molar-refractivity contribution in [1.29, 1.82) is 0 Å². The van der Waals surface area contributed by atoms with E-state index in [2.05, 4.69) is 16.8 Å². The van der Waals surface area contributed by atoms with Gasteiger partial charge in [0.2, 0.25) is 0 Å². The van der Waals surface area contributed by atoms with Gasteiger partial charge in [-0.25, -0.2) is 9.78 Å². The SMILES string of the molecule is CC[C@@H]1CCCN(c2ncccc2C(=O)O)C1. The van der Waals surface area contributed by atoms with Crippen molar-refractivity contribution < 1.29 is 9.90 Å². The summed E-state index contributed by atoms with van der Waals surface area (Å²) in [6.45, 7) is 4.02. The lowest BCUT2D eigenvalue weighted by molar-refractivity contribution is 0.0697. The smallest absolute Gasteiger partial charge is 0.339 e. The van der Waals surface area contributed by atoms with Crippen LogP contribution in [0.2, 0.25) is 0 Å². The molecule has 17 heavy (non-hydrogen) atoms. The Morgan fingerprint density at radius 3 is 3.18 bits per heavy atom. The summed E-state index contributed by atoms with van der Waals surface area (Å²) in [5.41, 5.74) is 0.309. The Morgan fingerprint density at radius 2 is 2.47 bits per heavy atom. The number of hydrogen-bond donors (Lipinski definition) is 1. The molecule has 4 heteroatoms. The molecule has 2 rings (SSSR count). The molecule has 1 aromatic heterocycles. The van der Waals surface area contributed by atoms with Gasteiger partial charge >= 0.3 is 5.97 Å². The lowest BCUT2D eigenvalue weighted by Crippen LogP contribution is -2.36. The number of carboxylic acids is 1. The van der Waals surface area contributed by atoms with Crippen molar-refractivity contribution >= 4 is 11.8 Å². The van der Waals surface area contributed by atoms with Crippen molar-refractivity contribution in [3.63, 3.8) is 0 Å². The maximum atomic E-state index is 11.1. The van der Waals surface area contributed by atoms with Crippen LogP contribution in [0.3, 0.4) is 0 Å². The van der Waals surface area contributed by atoms with Gasteiger partial charge in [-0.1, -0.05) is 13.3 Å². The minimum absolute atomic E-state index is 0.309. The minimum Gasteiger partial charge on any atom is -0.478 e. The molecule has 1 fully saturated rings. The molecule has 0 unspecified atom stereocenters. The van der Waals surface area contributed by atoms with E-state index in [1.807, 2.05) is 0 Å². The van der Waals surface area contributed by atoms with Crippen molar-refractivity contribution in [3.8, 4) is 0 Å². The molecule has 1 aliphatic rings. The zero-order valence-electron chi connectivity index (χ0n) is 10.1. The van der Waals surface area contributed by atoms with E-state index < -0.39 is 5.97 Å². The highest BCUT2D eigenvalue weighted by atomic mass is 16.4. The molecule has 1 saturated heterocycles. The number of anilines is 1. The predicted octanol–water partition coefficient (Wildman–Crippen LogP) is 2.41. The third kappa shape index (κ3) is 2.57. The fourth-order valence-corrected chi connectivity index (χ4v) is 2.41. The second-order valence-corrected chi connectivity index (χ2v) is 4.54. The summed E-state index contributed by atoms with van der Waals surface area (Å²) in [6, 6.07) is 3.30. The maximum absolute atomic E-state index is 11.1. The van der Waals surface area contributed by atoms with Crippen LogP contribution in [0.1, 0.15) is 36.5 Å². The standard InChI is InChI=1S/C13H18N2O2/c1-2-10-5-4-8-15(9-10)12-11(13(16)17)6-3-7-14-12/h3,6-7,10H,2,4-5,8-9H2,1H3,(H,16,17)/t10-/m1/s1. The number of piperidine rings is 1. The average Bonchev–Trinajstić information content (AvgIpc) is 2.39. The van der Waals surface area contributed by atoms with E-state index in [4.69, 9.17) is 5.11 Å². The van der Waals surface area contributed by atoms with Crippen molar-refractivity contribution in [1.82, 2.24) is 4.98 Å². The van der Waals surface area contributed by atoms with E-state index in [0.29, 0.717) is 17.3 Å². The largest absolute Gasteiger partial charge is 0.478 e. The first-order chi connectivity index (χ1) is 8.22. The fraction of sp³-hybridized carbons (Fsp3) is 0.538. The van der Waals surface area contributed by atoms with Gasteiger partial charge in [-0.3, -0.25) is 0 Å². The lowest BCUT2D eigenvalue weighted by Gasteiger charge is -2.33. The van der Waals surface area contributed by atoms with Crippen LogP contribution in [-0.4, -0.2) is 29.1 Å². The lowest BCUT2D eigenvalue weighted by atomic mass is 9.95. The summed E-state index contributed by atoms with van der Waals surface area (Å²) < 4.78 is 0. The molecule has 1 atom stereocenters. The Balaban J connectivity index is 2.24. The zero-order valence-corrected chi connectivity index (χ0v) is 10.1. The minimum atomic E-state index is -0.897. The highest BCUT2D eigenvalue weighted by Crippen LogP contribution is 2.25. The molecule has 2 heterocycles. The van der Waals surface area contributed by atoms with Gasteiger partial charge in [0.1, 0.15) is 11.4 Å². The second kappa shape index (κ2) is 5.17. The molecular weight excluding hydrogens is 216 g/mol. The van der Waals surface area contributed by atoms with E-state index >= 15 is 0 Å². The molecular formula is C13H18N2O2. The normalized spacial score (nSPS) is 20.3. The summed E-state index contributed by atoms with van der Waals surface area (Å²) in [7, 11) is 0. The third-order valence-electron chi connectivity index (χ3n) is 3.41. The van der Waals surface area contributed by atoms with E-state index in [1.165, 1.54) is 6.42 Å². The van der Waals surface area contributed by atoms with Crippen LogP contribution < -0.4 is 4.90 Å². The number of carbonyl (C=O) groups is 1. The molecule has 0 aliphatic carbocycles. The monoisotopic (exact) mass is 234 g/mol. The van der Waals surface area contributed by atoms with E-state index in [1.54, 1.807) is 18.3 Å². The van der Waals surface area contributed by atoms with Crippen LogP contribution in [0.5, 0.6) is 0 Å². The molecule has 0 aromatic carbocycles. The zero-order chi connectivity index (χ0) is 12.3. The van der Waals surface area contributed by atoms with Gasteiger partial charge in [0.15, 0.2) is 0 Å². The summed E-state index contributed by atoms with van der Waals surface area (Å²) in [6.07, 6.45) is 5.17. The van der Waals surface area contributed by atoms with Crippen molar-refractivity contribution in [2.45, 2.75) is 26.2 Å². The highest BCUT2D eigenvalue weighted by Gasteiger charge is 2.23. The van der Waals surface area contributed by atoms with Crippen molar-refractivity contribution in [3.05, 3.63) is 23.9 Å². The molecule has 1 aromatic rings. The summed E-state index contributed by atoms with van der Waals surface area (Å²) in [5, 5.41) is 9.15. The number of nitrogens with zero attached hydrogens (tertiary/aromatic N) is 2. The number of aromatic nitrogens is 1. The molecule has 0 amide bonds. The first kappa shape index (κ1) is 11.9. The molecule has 0 bridgehead atoms. The fourth-order valence-electron chi connectivity index (χ4n) is 2.41. The molecule has 4 nitrogen and oxygen atoms in total. The van der Waals surface area contributed by atoms with E-state index in [0.717, 1.165) is 25.9 Å². The summed E-state index contributed by atoms with van der Waals surface area (Å²) in [4.78, 5) is 17.5. The van der Waals surface area contributed by atoms with Crippen LogP contribution in [0.15, 0.2) is 18.3 Å². The van der Waals surface area contributed by atoms with Crippen LogP contribution in [0.25, 0.3) is 0 Å². The van der Waals surface area contributed by atoms with Crippen LogP contribution >= 0.6 is 0 Å². The first-order valence-corrected chi connectivity index (χ1v) is 6.15. The predicted molar refractivity (Wildman–Crippen MR) is 66.4 cm³/mol. The van der Waals surface area contributed by atoms with Crippen molar-refractivity contribution in [2.75, 3.05) is 18.0 Å². The third-order valence-corrected chi connectivity index (χ3v) is 3.41. The maximum Gasteiger partial charge on any atom is 0.339 e.